The minimum Gasteiger partial charge on any atom is -0.389 e. The van der Waals surface area contributed by atoms with Crippen molar-refractivity contribution in [3.63, 3.8) is 0 Å². The molecule has 0 bridgehead atoms. The molecule has 1 heterocycles. The largest absolute Gasteiger partial charge is 0.389 e. The van der Waals surface area contributed by atoms with Gasteiger partial charge in [0.1, 0.15) is 5.82 Å². The second-order valence-electron chi connectivity index (χ2n) is 6.13. The van der Waals surface area contributed by atoms with Gasteiger partial charge in [0.05, 0.1) is 23.0 Å². The Morgan fingerprint density at radius 2 is 2.05 bits per heavy atom. The van der Waals surface area contributed by atoms with E-state index in [-0.39, 0.29) is 5.56 Å². The number of fused-ring (bicyclic) bond motifs is 1. The van der Waals surface area contributed by atoms with Gasteiger partial charge in [-0.1, -0.05) is 25.0 Å². The molecule has 0 saturated heterocycles. The van der Waals surface area contributed by atoms with Gasteiger partial charge < -0.3 is 10.1 Å². The maximum absolute atomic E-state index is 12.0. The highest BCUT2D eigenvalue weighted by Crippen LogP contribution is 2.30. The van der Waals surface area contributed by atoms with E-state index in [4.69, 9.17) is 0 Å². The quantitative estimate of drug-likeness (QED) is 0.897. The van der Waals surface area contributed by atoms with Gasteiger partial charge in [0.25, 0.3) is 5.56 Å². The van der Waals surface area contributed by atoms with E-state index >= 15 is 0 Å². The number of likely N-dealkylation sites (N-methyl/N-ethyl adjacent to an activating group) is 1. The van der Waals surface area contributed by atoms with E-state index in [1.807, 2.05) is 30.1 Å². The topological polar surface area (TPSA) is 69.2 Å². The predicted octanol–water partition coefficient (Wildman–Crippen LogP) is 1.66. The Balaban J connectivity index is 1.77. The van der Waals surface area contributed by atoms with Crippen LogP contribution in [-0.2, 0) is 6.54 Å². The first-order valence-electron chi connectivity index (χ1n) is 7.45. The molecule has 1 aromatic carbocycles. The summed E-state index contributed by atoms with van der Waals surface area (Å²) < 4.78 is 0. The fourth-order valence-corrected chi connectivity index (χ4v) is 3.21. The number of aliphatic hydroxyl groups is 1. The maximum Gasteiger partial charge on any atom is 0.258 e. The lowest BCUT2D eigenvalue weighted by molar-refractivity contribution is 0.0140. The zero-order valence-corrected chi connectivity index (χ0v) is 12.3. The number of hydrogen-bond acceptors (Lipinski definition) is 4. The van der Waals surface area contributed by atoms with Crippen LogP contribution in [0, 0.1) is 0 Å². The number of benzene rings is 1. The molecule has 0 unspecified atom stereocenters. The standard InChI is InChI=1S/C16H21N3O2/c1-19(11-16(21)8-4-5-9-16)10-14-17-13-7-3-2-6-12(13)15(20)18-14/h2-3,6-7,21H,4-5,8-11H2,1H3,(H,17,18,20). The molecule has 0 atom stereocenters. The molecular weight excluding hydrogens is 266 g/mol. The van der Waals surface area contributed by atoms with Crippen LogP contribution in [0.4, 0.5) is 0 Å². The third-order valence-electron chi connectivity index (χ3n) is 4.18. The van der Waals surface area contributed by atoms with Crippen molar-refractivity contribution < 1.29 is 5.11 Å². The van der Waals surface area contributed by atoms with Crippen molar-refractivity contribution in [1.82, 2.24) is 14.9 Å². The number of aromatic nitrogens is 2. The summed E-state index contributed by atoms with van der Waals surface area (Å²) in [5.74, 6) is 0.641. The molecule has 1 aromatic heterocycles. The van der Waals surface area contributed by atoms with Crippen molar-refractivity contribution in [3.05, 3.63) is 40.4 Å². The summed E-state index contributed by atoms with van der Waals surface area (Å²) in [7, 11) is 1.95. The van der Waals surface area contributed by atoms with E-state index in [2.05, 4.69) is 9.97 Å². The van der Waals surface area contributed by atoms with E-state index < -0.39 is 5.60 Å². The SMILES string of the molecule is CN(Cc1nc2ccccc2c(=O)[nH]1)CC1(O)CCCC1. The average Bonchev–Trinajstić information content (AvgIpc) is 2.85. The van der Waals surface area contributed by atoms with Gasteiger partial charge in [-0.25, -0.2) is 4.98 Å². The number of nitrogens with zero attached hydrogens (tertiary/aromatic N) is 2. The molecule has 112 valence electrons. The Morgan fingerprint density at radius 3 is 2.81 bits per heavy atom. The number of nitrogens with one attached hydrogen (secondary N) is 1. The summed E-state index contributed by atoms with van der Waals surface area (Å²) in [5, 5.41) is 11.0. The molecule has 0 radical (unpaired) electrons. The maximum atomic E-state index is 12.0. The molecule has 0 spiro atoms. The lowest BCUT2D eigenvalue weighted by Gasteiger charge is -2.28. The molecule has 2 aromatic rings. The van der Waals surface area contributed by atoms with Crippen LogP contribution in [0.5, 0.6) is 0 Å². The van der Waals surface area contributed by atoms with Crippen molar-refractivity contribution >= 4 is 10.9 Å². The van der Waals surface area contributed by atoms with Crippen LogP contribution < -0.4 is 5.56 Å². The van der Waals surface area contributed by atoms with Gasteiger partial charge in [0, 0.05) is 6.54 Å². The number of rotatable bonds is 4. The van der Waals surface area contributed by atoms with E-state index in [1.54, 1.807) is 6.07 Å². The zero-order valence-electron chi connectivity index (χ0n) is 12.3. The van der Waals surface area contributed by atoms with Crippen molar-refractivity contribution in [3.8, 4) is 0 Å². The molecule has 0 amide bonds. The molecule has 3 rings (SSSR count). The van der Waals surface area contributed by atoms with E-state index in [9.17, 15) is 9.90 Å². The molecular formula is C16H21N3O2. The van der Waals surface area contributed by atoms with Crippen LogP contribution in [0.15, 0.2) is 29.1 Å². The van der Waals surface area contributed by atoms with Gasteiger partial charge in [0.15, 0.2) is 0 Å². The molecule has 21 heavy (non-hydrogen) atoms. The van der Waals surface area contributed by atoms with Gasteiger partial charge in [-0.15, -0.1) is 0 Å². The lowest BCUT2D eigenvalue weighted by Crippen LogP contribution is -2.39. The highest BCUT2D eigenvalue weighted by Gasteiger charge is 2.32. The van der Waals surface area contributed by atoms with Crippen molar-refractivity contribution in [1.29, 1.82) is 0 Å². The first-order chi connectivity index (χ1) is 10.1. The van der Waals surface area contributed by atoms with Crippen LogP contribution in [0.2, 0.25) is 0 Å². The Morgan fingerprint density at radius 1 is 1.33 bits per heavy atom. The molecule has 1 fully saturated rings. The molecule has 1 saturated carbocycles. The second-order valence-corrected chi connectivity index (χ2v) is 6.13. The smallest absolute Gasteiger partial charge is 0.258 e. The summed E-state index contributed by atoms with van der Waals surface area (Å²) in [6, 6.07) is 7.33. The van der Waals surface area contributed by atoms with Crippen LogP contribution in [0.25, 0.3) is 10.9 Å². The Labute approximate surface area is 123 Å². The summed E-state index contributed by atoms with van der Waals surface area (Å²) in [5.41, 5.74) is 0.0270. The molecule has 5 heteroatoms. The van der Waals surface area contributed by atoms with Gasteiger partial charge >= 0.3 is 0 Å². The summed E-state index contributed by atoms with van der Waals surface area (Å²) in [4.78, 5) is 21.4. The van der Waals surface area contributed by atoms with Crippen molar-refractivity contribution in [2.24, 2.45) is 0 Å². The Bertz CT molecular complexity index is 689. The predicted molar refractivity (Wildman–Crippen MR) is 82.1 cm³/mol. The first kappa shape index (κ1) is 14.2. The van der Waals surface area contributed by atoms with Crippen molar-refractivity contribution in [2.45, 2.75) is 37.8 Å². The fourth-order valence-electron chi connectivity index (χ4n) is 3.21. The average molecular weight is 287 g/mol. The molecule has 1 aliphatic carbocycles. The van der Waals surface area contributed by atoms with Gasteiger partial charge in [0.2, 0.25) is 0 Å². The monoisotopic (exact) mass is 287 g/mol. The highest BCUT2D eigenvalue weighted by molar-refractivity contribution is 5.77. The lowest BCUT2D eigenvalue weighted by atomic mass is 10.0. The van der Waals surface area contributed by atoms with Gasteiger partial charge in [-0.3, -0.25) is 9.69 Å². The summed E-state index contributed by atoms with van der Waals surface area (Å²) in [6.45, 7) is 1.14. The van der Waals surface area contributed by atoms with Crippen LogP contribution >= 0.6 is 0 Å². The summed E-state index contributed by atoms with van der Waals surface area (Å²) >= 11 is 0. The minimum atomic E-state index is -0.577. The first-order valence-corrected chi connectivity index (χ1v) is 7.45. The Hall–Kier alpha value is -1.72. The normalized spacial score (nSPS) is 17.7. The van der Waals surface area contributed by atoms with Crippen LogP contribution in [0.1, 0.15) is 31.5 Å². The van der Waals surface area contributed by atoms with Crippen molar-refractivity contribution in [2.75, 3.05) is 13.6 Å². The van der Waals surface area contributed by atoms with E-state index in [0.717, 1.165) is 25.7 Å². The van der Waals surface area contributed by atoms with Gasteiger partial charge in [-0.2, -0.15) is 0 Å². The van der Waals surface area contributed by atoms with E-state index in [0.29, 0.717) is 29.8 Å². The minimum absolute atomic E-state index is 0.108. The third-order valence-corrected chi connectivity index (χ3v) is 4.18. The molecule has 2 N–H and O–H groups in total. The summed E-state index contributed by atoms with van der Waals surface area (Å²) in [6.07, 6.45) is 3.91. The molecule has 5 nitrogen and oxygen atoms in total. The third kappa shape index (κ3) is 3.14. The van der Waals surface area contributed by atoms with E-state index in [1.165, 1.54) is 0 Å². The van der Waals surface area contributed by atoms with Gasteiger partial charge in [-0.05, 0) is 32.0 Å². The fraction of sp³-hybridized carbons (Fsp3) is 0.500. The van der Waals surface area contributed by atoms with Crippen LogP contribution in [0.3, 0.4) is 0 Å². The zero-order chi connectivity index (χ0) is 14.9. The number of hydrogen-bond donors (Lipinski definition) is 2. The number of para-hydroxylation sites is 1. The number of aromatic amines is 1. The molecule has 1 aliphatic rings. The van der Waals surface area contributed by atoms with Crippen LogP contribution in [-0.4, -0.2) is 39.2 Å². The Kier molecular flexibility index (Phi) is 3.78. The molecule has 0 aliphatic heterocycles. The number of H-pyrrole nitrogens is 1. The highest BCUT2D eigenvalue weighted by atomic mass is 16.3. The second kappa shape index (κ2) is 5.58.